The van der Waals surface area contributed by atoms with Gasteiger partial charge in [0.25, 0.3) is 0 Å². The van der Waals surface area contributed by atoms with E-state index < -0.39 is 10.3 Å². The van der Waals surface area contributed by atoms with Crippen molar-refractivity contribution >= 4 is 26.2 Å². The normalized spacial score (nSPS) is 15.6. The molecule has 1 aromatic rings. The lowest BCUT2D eigenvalue weighted by atomic mass is 10.1. The van der Waals surface area contributed by atoms with Gasteiger partial charge in [-0.05, 0) is 37.1 Å². The second-order valence-electron chi connectivity index (χ2n) is 5.75. The standard InChI is InChI=1S/C14H22BrFOS/c1-10(17-18(5,6)14(2,3)4)12-8-7-11(16)9-13(12)15/h7-10H,1-6H3. The third kappa shape index (κ3) is 3.72. The molecule has 18 heavy (non-hydrogen) atoms. The van der Waals surface area contributed by atoms with E-state index in [1.54, 1.807) is 6.07 Å². The van der Waals surface area contributed by atoms with E-state index in [0.717, 1.165) is 10.0 Å². The highest BCUT2D eigenvalue weighted by atomic mass is 79.9. The van der Waals surface area contributed by atoms with Crippen LogP contribution in [0.25, 0.3) is 0 Å². The van der Waals surface area contributed by atoms with Gasteiger partial charge in [0, 0.05) is 9.22 Å². The van der Waals surface area contributed by atoms with Crippen molar-refractivity contribution in [2.75, 3.05) is 12.5 Å². The van der Waals surface area contributed by atoms with Crippen LogP contribution in [0.4, 0.5) is 4.39 Å². The monoisotopic (exact) mass is 336 g/mol. The Morgan fingerprint density at radius 2 is 1.83 bits per heavy atom. The Labute approximate surface area is 120 Å². The van der Waals surface area contributed by atoms with Gasteiger partial charge in [0.05, 0.1) is 6.10 Å². The Hall–Kier alpha value is -0.0600. The first-order chi connectivity index (χ1) is 8.04. The summed E-state index contributed by atoms with van der Waals surface area (Å²) >= 11 is 3.39. The van der Waals surface area contributed by atoms with Gasteiger partial charge in [-0.2, -0.15) is 0 Å². The average Bonchev–Trinajstić information content (AvgIpc) is 2.14. The van der Waals surface area contributed by atoms with Gasteiger partial charge in [-0.1, -0.05) is 42.8 Å². The van der Waals surface area contributed by atoms with Crippen molar-refractivity contribution in [2.24, 2.45) is 0 Å². The summed E-state index contributed by atoms with van der Waals surface area (Å²) in [5.74, 6) is -0.236. The zero-order valence-corrected chi connectivity index (χ0v) is 14.3. The number of rotatable bonds is 3. The van der Waals surface area contributed by atoms with Crippen molar-refractivity contribution in [1.82, 2.24) is 0 Å². The van der Waals surface area contributed by atoms with Crippen LogP contribution in [0.3, 0.4) is 0 Å². The molecule has 0 N–H and O–H groups in total. The third-order valence-electron chi connectivity index (χ3n) is 3.26. The summed E-state index contributed by atoms with van der Waals surface area (Å²) < 4.78 is 20.2. The lowest BCUT2D eigenvalue weighted by molar-refractivity contribution is 0.253. The molecule has 104 valence electrons. The average molecular weight is 337 g/mol. The summed E-state index contributed by atoms with van der Waals surface area (Å²) in [6.07, 6.45) is 4.28. The molecule has 0 amide bonds. The van der Waals surface area contributed by atoms with E-state index in [4.69, 9.17) is 4.18 Å². The van der Waals surface area contributed by atoms with Crippen molar-refractivity contribution in [3.63, 3.8) is 0 Å². The van der Waals surface area contributed by atoms with Crippen LogP contribution >= 0.6 is 26.2 Å². The van der Waals surface area contributed by atoms with E-state index >= 15 is 0 Å². The summed E-state index contributed by atoms with van der Waals surface area (Å²) in [5, 5.41) is 0. The topological polar surface area (TPSA) is 9.23 Å². The van der Waals surface area contributed by atoms with Crippen molar-refractivity contribution in [2.45, 2.75) is 38.5 Å². The molecular formula is C14H22BrFOS. The van der Waals surface area contributed by atoms with Crippen molar-refractivity contribution in [3.05, 3.63) is 34.1 Å². The van der Waals surface area contributed by atoms with Crippen LogP contribution in [0.15, 0.2) is 22.7 Å². The van der Waals surface area contributed by atoms with E-state index in [0.29, 0.717) is 0 Å². The molecule has 0 saturated heterocycles. The minimum Gasteiger partial charge on any atom is -0.329 e. The molecular weight excluding hydrogens is 315 g/mol. The largest absolute Gasteiger partial charge is 0.329 e. The summed E-state index contributed by atoms with van der Waals surface area (Å²) in [6, 6.07) is 4.73. The Kier molecular flexibility index (Phi) is 4.90. The second kappa shape index (κ2) is 5.51. The van der Waals surface area contributed by atoms with Crippen LogP contribution in [0.5, 0.6) is 0 Å². The summed E-state index contributed by atoms with van der Waals surface area (Å²) in [6.45, 7) is 8.58. The minimum absolute atomic E-state index is 0.0517. The number of hydrogen-bond acceptors (Lipinski definition) is 1. The van der Waals surface area contributed by atoms with E-state index in [9.17, 15) is 4.39 Å². The lowest BCUT2D eigenvalue weighted by Gasteiger charge is -2.45. The molecule has 0 spiro atoms. The van der Waals surface area contributed by atoms with Crippen LogP contribution in [-0.4, -0.2) is 17.3 Å². The Bertz CT molecular complexity index is 426. The fraction of sp³-hybridized carbons (Fsp3) is 0.571. The molecule has 0 aliphatic carbocycles. The zero-order valence-electron chi connectivity index (χ0n) is 11.9. The van der Waals surface area contributed by atoms with Crippen molar-refractivity contribution in [3.8, 4) is 0 Å². The highest BCUT2D eigenvalue weighted by molar-refractivity contribution is 9.10. The quantitative estimate of drug-likeness (QED) is 0.713. The highest BCUT2D eigenvalue weighted by Crippen LogP contribution is 2.56. The van der Waals surface area contributed by atoms with Crippen LogP contribution in [-0.2, 0) is 4.18 Å². The summed E-state index contributed by atoms with van der Waals surface area (Å²) in [4.78, 5) is 0. The summed E-state index contributed by atoms with van der Waals surface area (Å²) in [7, 11) is -1.19. The van der Waals surface area contributed by atoms with Crippen LogP contribution in [0.1, 0.15) is 39.4 Å². The summed E-state index contributed by atoms with van der Waals surface area (Å²) in [5.41, 5.74) is 0.987. The Balaban J connectivity index is 2.92. The molecule has 1 aromatic carbocycles. The fourth-order valence-corrected chi connectivity index (χ4v) is 3.18. The molecule has 0 fully saturated rings. The van der Waals surface area contributed by atoms with Gasteiger partial charge >= 0.3 is 0 Å². The molecule has 1 rings (SSSR count). The zero-order chi connectivity index (χ0) is 14.1. The SMILES string of the molecule is CC(OS(C)(C)C(C)(C)C)c1ccc(F)cc1Br. The minimum atomic E-state index is -1.19. The maximum Gasteiger partial charge on any atom is 0.124 e. The number of benzene rings is 1. The number of hydrogen-bond donors (Lipinski definition) is 0. The predicted molar refractivity (Wildman–Crippen MR) is 82.8 cm³/mol. The molecule has 0 heterocycles. The van der Waals surface area contributed by atoms with E-state index in [1.165, 1.54) is 12.1 Å². The first kappa shape index (κ1) is 16.0. The highest BCUT2D eigenvalue weighted by Gasteiger charge is 2.31. The second-order valence-corrected chi connectivity index (χ2v) is 10.5. The maximum absolute atomic E-state index is 13.1. The van der Waals surface area contributed by atoms with Crippen molar-refractivity contribution < 1.29 is 8.57 Å². The van der Waals surface area contributed by atoms with Gasteiger partial charge in [-0.25, -0.2) is 4.39 Å². The fourth-order valence-electron chi connectivity index (χ4n) is 1.39. The Morgan fingerprint density at radius 3 is 2.28 bits per heavy atom. The maximum atomic E-state index is 13.1. The molecule has 4 heteroatoms. The molecule has 0 aliphatic rings. The molecule has 0 saturated carbocycles. The lowest BCUT2D eigenvalue weighted by Crippen LogP contribution is -2.26. The van der Waals surface area contributed by atoms with Gasteiger partial charge in [-0.3, -0.25) is 0 Å². The Morgan fingerprint density at radius 1 is 1.28 bits per heavy atom. The smallest absolute Gasteiger partial charge is 0.124 e. The van der Waals surface area contributed by atoms with Gasteiger partial charge in [0.15, 0.2) is 0 Å². The van der Waals surface area contributed by atoms with Crippen LogP contribution < -0.4 is 0 Å². The molecule has 1 atom stereocenters. The van der Waals surface area contributed by atoms with Gasteiger partial charge in [-0.15, -0.1) is 10.3 Å². The molecule has 0 aromatic heterocycles. The first-order valence-corrected chi connectivity index (χ1v) is 9.07. The number of halogens is 2. The molecule has 1 unspecified atom stereocenters. The first-order valence-electron chi connectivity index (χ1n) is 5.91. The van der Waals surface area contributed by atoms with E-state index in [2.05, 4.69) is 49.2 Å². The third-order valence-corrected chi connectivity index (χ3v) is 7.67. The van der Waals surface area contributed by atoms with E-state index in [1.807, 2.05) is 6.92 Å². The predicted octanol–water partition coefficient (Wildman–Crippen LogP) is 5.44. The van der Waals surface area contributed by atoms with Gasteiger partial charge in [0.1, 0.15) is 5.82 Å². The molecule has 0 aliphatic heterocycles. The van der Waals surface area contributed by atoms with Crippen LogP contribution in [0, 0.1) is 5.82 Å². The molecule has 0 bridgehead atoms. The van der Waals surface area contributed by atoms with Gasteiger partial charge in [0.2, 0.25) is 0 Å². The van der Waals surface area contributed by atoms with Crippen LogP contribution in [0.2, 0.25) is 0 Å². The van der Waals surface area contributed by atoms with Gasteiger partial charge < -0.3 is 4.18 Å². The molecule has 1 nitrogen and oxygen atoms in total. The van der Waals surface area contributed by atoms with E-state index in [-0.39, 0.29) is 16.7 Å². The molecule has 0 radical (unpaired) electrons. The van der Waals surface area contributed by atoms with Crippen molar-refractivity contribution in [1.29, 1.82) is 0 Å².